The monoisotopic (exact) mass is 281 g/mol. The highest BCUT2D eigenvalue weighted by Crippen LogP contribution is 2.30. The predicted molar refractivity (Wildman–Crippen MR) is 81.7 cm³/mol. The molecule has 1 aromatic carbocycles. The molecule has 2 atom stereocenters. The molecule has 4 heteroatoms. The van der Waals surface area contributed by atoms with Gasteiger partial charge in [-0.1, -0.05) is 13.0 Å². The van der Waals surface area contributed by atoms with Crippen molar-refractivity contribution >= 4 is 0 Å². The first-order valence-electron chi connectivity index (χ1n) is 7.23. The Hall–Kier alpha value is -1.26. The molecule has 0 aliphatic carbocycles. The smallest absolute Gasteiger partial charge is 0.161 e. The van der Waals surface area contributed by atoms with E-state index in [4.69, 9.17) is 14.2 Å². The first-order chi connectivity index (χ1) is 9.65. The molecule has 0 radical (unpaired) electrons. The zero-order valence-corrected chi connectivity index (χ0v) is 13.2. The van der Waals surface area contributed by atoms with Crippen LogP contribution in [0.5, 0.6) is 11.5 Å². The molecule has 0 aliphatic heterocycles. The number of hydrogen-bond donors (Lipinski definition) is 1. The van der Waals surface area contributed by atoms with Crippen LogP contribution in [-0.2, 0) is 4.74 Å². The Morgan fingerprint density at radius 3 is 2.35 bits per heavy atom. The molecule has 0 spiro atoms. The van der Waals surface area contributed by atoms with Crippen LogP contribution in [0, 0.1) is 0 Å². The second kappa shape index (κ2) is 8.82. The molecule has 0 aliphatic rings. The van der Waals surface area contributed by atoms with Gasteiger partial charge in [-0.3, -0.25) is 0 Å². The Morgan fingerprint density at radius 2 is 1.80 bits per heavy atom. The van der Waals surface area contributed by atoms with E-state index in [-0.39, 0.29) is 12.1 Å². The van der Waals surface area contributed by atoms with Crippen molar-refractivity contribution in [2.45, 2.75) is 39.3 Å². The van der Waals surface area contributed by atoms with Gasteiger partial charge in [-0.25, -0.2) is 0 Å². The second-order valence-electron chi connectivity index (χ2n) is 4.75. The van der Waals surface area contributed by atoms with Gasteiger partial charge < -0.3 is 19.5 Å². The summed E-state index contributed by atoms with van der Waals surface area (Å²) in [6.45, 7) is 7.84. The molecule has 1 N–H and O–H groups in total. The molecule has 0 saturated heterocycles. The van der Waals surface area contributed by atoms with E-state index in [9.17, 15) is 0 Å². The number of nitrogens with one attached hydrogen (secondary N) is 1. The third kappa shape index (κ3) is 4.69. The highest BCUT2D eigenvalue weighted by atomic mass is 16.5. The van der Waals surface area contributed by atoms with Gasteiger partial charge in [0.2, 0.25) is 0 Å². The minimum atomic E-state index is 0.217. The molecule has 4 nitrogen and oxygen atoms in total. The SMILES string of the molecule is CCOC(C)CNC(CC)c1ccc(OC)c(OC)c1. The van der Waals surface area contributed by atoms with Crippen LogP contribution in [0.1, 0.15) is 38.8 Å². The topological polar surface area (TPSA) is 39.7 Å². The minimum Gasteiger partial charge on any atom is -0.493 e. The van der Waals surface area contributed by atoms with Gasteiger partial charge in [-0.15, -0.1) is 0 Å². The van der Waals surface area contributed by atoms with Crippen LogP contribution < -0.4 is 14.8 Å². The maximum atomic E-state index is 5.55. The van der Waals surface area contributed by atoms with Gasteiger partial charge in [0, 0.05) is 19.2 Å². The van der Waals surface area contributed by atoms with Gasteiger partial charge in [0.15, 0.2) is 11.5 Å². The summed E-state index contributed by atoms with van der Waals surface area (Å²) in [4.78, 5) is 0. The molecule has 0 bridgehead atoms. The second-order valence-corrected chi connectivity index (χ2v) is 4.75. The summed E-state index contributed by atoms with van der Waals surface area (Å²) < 4.78 is 16.2. The Balaban J connectivity index is 2.74. The van der Waals surface area contributed by atoms with Crippen molar-refractivity contribution in [3.8, 4) is 11.5 Å². The van der Waals surface area contributed by atoms with E-state index < -0.39 is 0 Å². The van der Waals surface area contributed by atoms with Crippen molar-refractivity contribution in [2.75, 3.05) is 27.4 Å². The van der Waals surface area contributed by atoms with E-state index in [0.717, 1.165) is 31.1 Å². The maximum Gasteiger partial charge on any atom is 0.161 e. The van der Waals surface area contributed by atoms with Crippen LogP contribution in [0.25, 0.3) is 0 Å². The zero-order chi connectivity index (χ0) is 15.0. The summed E-state index contributed by atoms with van der Waals surface area (Å²) in [6, 6.07) is 6.35. The fraction of sp³-hybridized carbons (Fsp3) is 0.625. The van der Waals surface area contributed by atoms with E-state index in [0.29, 0.717) is 0 Å². The summed E-state index contributed by atoms with van der Waals surface area (Å²) in [6.07, 6.45) is 1.23. The summed E-state index contributed by atoms with van der Waals surface area (Å²) >= 11 is 0. The van der Waals surface area contributed by atoms with Gasteiger partial charge >= 0.3 is 0 Å². The summed E-state index contributed by atoms with van der Waals surface area (Å²) in [5.41, 5.74) is 1.20. The minimum absolute atomic E-state index is 0.217. The Kier molecular flexibility index (Phi) is 7.41. The molecule has 1 rings (SSSR count). The Labute approximate surface area is 122 Å². The molecular weight excluding hydrogens is 254 g/mol. The molecule has 20 heavy (non-hydrogen) atoms. The van der Waals surface area contributed by atoms with Crippen LogP contribution in [-0.4, -0.2) is 33.5 Å². The standard InChI is InChI=1S/C16H27NO3/c1-6-14(17-11-12(3)20-7-2)13-8-9-15(18-4)16(10-13)19-5/h8-10,12,14,17H,6-7,11H2,1-5H3. The van der Waals surface area contributed by atoms with E-state index >= 15 is 0 Å². The lowest BCUT2D eigenvalue weighted by molar-refractivity contribution is 0.0738. The van der Waals surface area contributed by atoms with Crippen LogP contribution >= 0.6 is 0 Å². The van der Waals surface area contributed by atoms with Crippen LogP contribution in [0.4, 0.5) is 0 Å². The molecule has 2 unspecified atom stereocenters. The number of rotatable bonds is 9. The highest BCUT2D eigenvalue weighted by molar-refractivity contribution is 5.43. The lowest BCUT2D eigenvalue weighted by atomic mass is 10.0. The predicted octanol–water partition coefficient (Wildman–Crippen LogP) is 3.17. The highest BCUT2D eigenvalue weighted by Gasteiger charge is 2.13. The molecule has 0 amide bonds. The molecular formula is C16H27NO3. The molecule has 1 aromatic rings. The maximum absolute atomic E-state index is 5.55. The normalized spacial score (nSPS) is 13.8. The average molecular weight is 281 g/mol. The fourth-order valence-corrected chi connectivity index (χ4v) is 2.22. The first-order valence-corrected chi connectivity index (χ1v) is 7.23. The Bertz CT molecular complexity index is 395. The average Bonchev–Trinajstić information content (AvgIpc) is 2.47. The zero-order valence-electron chi connectivity index (χ0n) is 13.2. The lowest BCUT2D eigenvalue weighted by Crippen LogP contribution is -2.30. The summed E-state index contributed by atoms with van der Waals surface area (Å²) in [5.74, 6) is 1.52. The van der Waals surface area contributed by atoms with Gasteiger partial charge in [0.05, 0.1) is 20.3 Å². The van der Waals surface area contributed by atoms with Crippen LogP contribution in [0.15, 0.2) is 18.2 Å². The van der Waals surface area contributed by atoms with Gasteiger partial charge in [-0.2, -0.15) is 0 Å². The quantitative estimate of drug-likeness (QED) is 0.754. The van der Waals surface area contributed by atoms with Crippen molar-refractivity contribution in [3.05, 3.63) is 23.8 Å². The largest absolute Gasteiger partial charge is 0.493 e. The van der Waals surface area contributed by atoms with Crippen LogP contribution in [0.2, 0.25) is 0 Å². The third-order valence-electron chi connectivity index (χ3n) is 3.32. The van der Waals surface area contributed by atoms with Crippen molar-refractivity contribution in [3.63, 3.8) is 0 Å². The van der Waals surface area contributed by atoms with E-state index in [1.807, 2.05) is 19.1 Å². The lowest BCUT2D eigenvalue weighted by Gasteiger charge is -2.21. The van der Waals surface area contributed by atoms with E-state index in [2.05, 4.69) is 25.2 Å². The van der Waals surface area contributed by atoms with Gasteiger partial charge in [0.25, 0.3) is 0 Å². The Morgan fingerprint density at radius 1 is 1.10 bits per heavy atom. The third-order valence-corrected chi connectivity index (χ3v) is 3.32. The van der Waals surface area contributed by atoms with Gasteiger partial charge in [-0.05, 0) is 38.0 Å². The molecule has 0 aromatic heterocycles. The summed E-state index contributed by atoms with van der Waals surface area (Å²) in [7, 11) is 3.31. The fourth-order valence-electron chi connectivity index (χ4n) is 2.22. The molecule has 114 valence electrons. The molecule has 0 saturated carbocycles. The number of hydrogen-bond acceptors (Lipinski definition) is 4. The van der Waals surface area contributed by atoms with E-state index in [1.54, 1.807) is 14.2 Å². The van der Waals surface area contributed by atoms with Gasteiger partial charge in [0.1, 0.15) is 0 Å². The van der Waals surface area contributed by atoms with Crippen molar-refractivity contribution in [2.24, 2.45) is 0 Å². The van der Waals surface area contributed by atoms with Crippen molar-refractivity contribution < 1.29 is 14.2 Å². The number of benzene rings is 1. The van der Waals surface area contributed by atoms with Crippen molar-refractivity contribution in [1.82, 2.24) is 5.32 Å². The number of ether oxygens (including phenoxy) is 3. The first kappa shape index (κ1) is 16.8. The van der Waals surface area contributed by atoms with E-state index in [1.165, 1.54) is 5.56 Å². The van der Waals surface area contributed by atoms with Crippen LogP contribution in [0.3, 0.4) is 0 Å². The molecule has 0 heterocycles. The molecule has 0 fully saturated rings. The van der Waals surface area contributed by atoms with Crippen molar-refractivity contribution in [1.29, 1.82) is 0 Å². The summed E-state index contributed by atoms with van der Waals surface area (Å²) in [5, 5.41) is 3.54. The number of methoxy groups -OCH3 is 2.